The van der Waals surface area contributed by atoms with E-state index >= 15 is 0 Å². The van der Waals surface area contributed by atoms with E-state index in [2.05, 4.69) is 11.2 Å². The van der Waals surface area contributed by atoms with Gasteiger partial charge >= 0.3 is 0 Å². The van der Waals surface area contributed by atoms with E-state index in [-0.39, 0.29) is 17.9 Å². The first-order valence-electron chi connectivity index (χ1n) is 6.70. The summed E-state index contributed by atoms with van der Waals surface area (Å²) in [4.78, 5) is 25.5. The third kappa shape index (κ3) is 4.40. The fourth-order valence-electron chi connectivity index (χ4n) is 2.13. The molecule has 18 heavy (non-hydrogen) atoms. The van der Waals surface area contributed by atoms with Crippen LogP contribution in [-0.4, -0.2) is 35.8 Å². The first-order valence-corrected chi connectivity index (χ1v) is 6.70. The lowest BCUT2D eigenvalue weighted by Gasteiger charge is -2.23. The van der Waals surface area contributed by atoms with Crippen molar-refractivity contribution in [3.05, 3.63) is 0 Å². The molecular weight excluding hydrogens is 228 g/mol. The second-order valence-corrected chi connectivity index (χ2v) is 4.65. The molecule has 0 spiro atoms. The molecule has 0 radical (unpaired) electrons. The van der Waals surface area contributed by atoms with Gasteiger partial charge in [0.05, 0.1) is 0 Å². The fraction of sp³-hybridized carbons (Fsp3) is 0.714. The van der Waals surface area contributed by atoms with Crippen molar-refractivity contribution in [1.82, 2.24) is 10.2 Å². The van der Waals surface area contributed by atoms with Crippen molar-refractivity contribution in [2.45, 2.75) is 51.5 Å². The van der Waals surface area contributed by atoms with Crippen molar-refractivity contribution in [1.29, 1.82) is 0 Å². The number of rotatable bonds is 6. The highest BCUT2D eigenvalue weighted by molar-refractivity contribution is 5.89. The van der Waals surface area contributed by atoms with Crippen molar-refractivity contribution >= 4 is 11.8 Å². The molecule has 100 valence electrons. The van der Waals surface area contributed by atoms with Crippen LogP contribution in [0, 0.1) is 12.3 Å². The monoisotopic (exact) mass is 250 g/mol. The van der Waals surface area contributed by atoms with Gasteiger partial charge in [-0.1, -0.05) is 13.3 Å². The summed E-state index contributed by atoms with van der Waals surface area (Å²) in [6, 6.07) is -0.336. The Balaban J connectivity index is 2.52. The first kappa shape index (κ1) is 14.6. The molecule has 1 aliphatic rings. The first-order chi connectivity index (χ1) is 8.69. The van der Waals surface area contributed by atoms with E-state index in [4.69, 9.17) is 6.42 Å². The highest BCUT2D eigenvalue weighted by atomic mass is 16.2. The maximum absolute atomic E-state index is 12.2. The summed E-state index contributed by atoms with van der Waals surface area (Å²) in [5.41, 5.74) is 0. The van der Waals surface area contributed by atoms with E-state index in [1.807, 2.05) is 6.92 Å². The standard InChI is InChI=1S/C14H22N2O2/c1-3-5-6-7-10-16-11-9-13(17)15-12(8-4-2)14(16)18/h1,12H,4-11H2,2H3,(H,15,17). The molecule has 1 N–H and O–H groups in total. The lowest BCUT2D eigenvalue weighted by molar-refractivity contribution is -0.133. The lowest BCUT2D eigenvalue weighted by atomic mass is 10.1. The van der Waals surface area contributed by atoms with Crippen LogP contribution in [0.5, 0.6) is 0 Å². The van der Waals surface area contributed by atoms with Gasteiger partial charge in [-0.15, -0.1) is 12.3 Å². The molecule has 1 atom stereocenters. The van der Waals surface area contributed by atoms with Crippen LogP contribution in [-0.2, 0) is 9.59 Å². The summed E-state index contributed by atoms with van der Waals surface area (Å²) in [7, 11) is 0. The number of carbonyl (C=O) groups is 2. The van der Waals surface area contributed by atoms with Crippen LogP contribution in [0.15, 0.2) is 0 Å². The summed E-state index contributed by atoms with van der Waals surface area (Å²) in [6.45, 7) is 3.25. The third-order valence-electron chi connectivity index (χ3n) is 3.13. The zero-order valence-electron chi connectivity index (χ0n) is 11.1. The topological polar surface area (TPSA) is 49.4 Å². The number of hydrogen-bond acceptors (Lipinski definition) is 2. The van der Waals surface area contributed by atoms with Gasteiger partial charge in [-0.05, 0) is 19.3 Å². The van der Waals surface area contributed by atoms with Gasteiger partial charge in [-0.3, -0.25) is 9.59 Å². The van der Waals surface area contributed by atoms with Crippen molar-refractivity contribution in [3.8, 4) is 12.3 Å². The van der Waals surface area contributed by atoms with Crippen LogP contribution in [0.4, 0.5) is 0 Å². The van der Waals surface area contributed by atoms with E-state index < -0.39 is 0 Å². The minimum absolute atomic E-state index is 0.0204. The van der Waals surface area contributed by atoms with E-state index in [0.29, 0.717) is 25.9 Å². The molecular formula is C14H22N2O2. The summed E-state index contributed by atoms with van der Waals surface area (Å²) >= 11 is 0. The van der Waals surface area contributed by atoms with Gasteiger partial charge in [-0.2, -0.15) is 0 Å². The zero-order valence-corrected chi connectivity index (χ0v) is 11.1. The van der Waals surface area contributed by atoms with E-state index in [1.54, 1.807) is 4.90 Å². The predicted molar refractivity (Wildman–Crippen MR) is 70.7 cm³/mol. The van der Waals surface area contributed by atoms with Gasteiger partial charge in [0, 0.05) is 25.9 Å². The Kier molecular flexibility index (Phi) is 6.27. The largest absolute Gasteiger partial charge is 0.344 e. The molecule has 1 unspecified atom stereocenters. The van der Waals surface area contributed by atoms with Gasteiger partial charge in [0.15, 0.2) is 0 Å². The summed E-state index contributed by atoms with van der Waals surface area (Å²) in [6.07, 6.45) is 9.79. The minimum atomic E-state index is -0.336. The molecule has 4 heteroatoms. The maximum Gasteiger partial charge on any atom is 0.245 e. The molecule has 1 saturated heterocycles. The minimum Gasteiger partial charge on any atom is -0.344 e. The number of unbranched alkanes of at least 4 members (excludes halogenated alkanes) is 2. The second kappa shape index (κ2) is 7.75. The Hall–Kier alpha value is -1.50. The molecule has 1 aliphatic heterocycles. The van der Waals surface area contributed by atoms with Crippen molar-refractivity contribution < 1.29 is 9.59 Å². The van der Waals surface area contributed by atoms with Crippen molar-refractivity contribution in [2.24, 2.45) is 0 Å². The van der Waals surface area contributed by atoms with Crippen molar-refractivity contribution in [3.63, 3.8) is 0 Å². The zero-order chi connectivity index (χ0) is 13.4. The predicted octanol–water partition coefficient (Wildman–Crippen LogP) is 1.31. The summed E-state index contributed by atoms with van der Waals surface area (Å²) in [5.74, 6) is 2.63. The number of amides is 2. The molecule has 0 aromatic heterocycles. The summed E-state index contributed by atoms with van der Waals surface area (Å²) < 4.78 is 0. The average molecular weight is 250 g/mol. The van der Waals surface area contributed by atoms with Crippen LogP contribution in [0.2, 0.25) is 0 Å². The Bertz CT molecular complexity index is 333. The van der Waals surface area contributed by atoms with Crippen LogP contribution in [0.1, 0.15) is 45.4 Å². The van der Waals surface area contributed by atoms with Gasteiger partial charge in [0.1, 0.15) is 6.04 Å². The van der Waals surface area contributed by atoms with E-state index in [1.165, 1.54) is 0 Å². The number of nitrogens with one attached hydrogen (secondary N) is 1. The fourth-order valence-corrected chi connectivity index (χ4v) is 2.13. The number of terminal acetylenes is 1. The van der Waals surface area contributed by atoms with Gasteiger partial charge in [0.25, 0.3) is 0 Å². The second-order valence-electron chi connectivity index (χ2n) is 4.65. The SMILES string of the molecule is C#CCCCCN1CCC(=O)NC(CCC)C1=O. The number of hydrogen-bond donors (Lipinski definition) is 1. The number of nitrogens with zero attached hydrogens (tertiary/aromatic N) is 1. The van der Waals surface area contributed by atoms with Crippen molar-refractivity contribution in [2.75, 3.05) is 13.1 Å². The molecule has 4 nitrogen and oxygen atoms in total. The van der Waals surface area contributed by atoms with Crippen LogP contribution in [0.3, 0.4) is 0 Å². The molecule has 0 aromatic carbocycles. The molecule has 0 aromatic rings. The molecule has 0 saturated carbocycles. The Labute approximate surface area is 109 Å². The third-order valence-corrected chi connectivity index (χ3v) is 3.13. The smallest absolute Gasteiger partial charge is 0.245 e. The van der Waals surface area contributed by atoms with Crippen LogP contribution in [0.25, 0.3) is 0 Å². The molecule has 1 heterocycles. The molecule has 0 bridgehead atoms. The highest BCUT2D eigenvalue weighted by Crippen LogP contribution is 2.10. The molecule has 2 amide bonds. The van der Waals surface area contributed by atoms with E-state index in [0.717, 1.165) is 25.7 Å². The van der Waals surface area contributed by atoms with Gasteiger partial charge in [0.2, 0.25) is 11.8 Å². The average Bonchev–Trinajstić information content (AvgIpc) is 2.48. The molecule has 0 aliphatic carbocycles. The Morgan fingerprint density at radius 1 is 1.44 bits per heavy atom. The van der Waals surface area contributed by atoms with Crippen LogP contribution >= 0.6 is 0 Å². The van der Waals surface area contributed by atoms with Gasteiger partial charge in [-0.25, -0.2) is 0 Å². The Morgan fingerprint density at radius 3 is 2.89 bits per heavy atom. The van der Waals surface area contributed by atoms with Crippen LogP contribution < -0.4 is 5.32 Å². The summed E-state index contributed by atoms with van der Waals surface area (Å²) in [5, 5.41) is 2.80. The molecule has 1 fully saturated rings. The highest BCUT2D eigenvalue weighted by Gasteiger charge is 2.28. The number of carbonyl (C=O) groups excluding carboxylic acids is 2. The van der Waals surface area contributed by atoms with E-state index in [9.17, 15) is 9.59 Å². The maximum atomic E-state index is 12.2. The lowest BCUT2D eigenvalue weighted by Crippen LogP contribution is -2.44. The normalized spacial score (nSPS) is 20.2. The quantitative estimate of drug-likeness (QED) is 0.571. The Morgan fingerprint density at radius 2 is 2.22 bits per heavy atom. The molecule has 1 rings (SSSR count). The van der Waals surface area contributed by atoms with Gasteiger partial charge < -0.3 is 10.2 Å².